The highest BCUT2D eigenvalue weighted by molar-refractivity contribution is 7.09. The molecule has 2 aromatic heterocycles. The Morgan fingerprint density at radius 3 is 2.79 bits per heavy atom. The second-order valence-corrected chi connectivity index (χ2v) is 6.84. The van der Waals surface area contributed by atoms with E-state index in [4.69, 9.17) is 4.99 Å². The molecule has 8 heteroatoms. The Morgan fingerprint density at radius 2 is 2.17 bits per heavy atom. The van der Waals surface area contributed by atoms with E-state index in [1.165, 1.54) is 4.88 Å². The minimum Gasteiger partial charge on any atom is -0.357 e. The monoisotopic (exact) mass is 347 g/mol. The maximum absolute atomic E-state index is 4.73. The van der Waals surface area contributed by atoms with Crippen molar-refractivity contribution in [3.05, 3.63) is 34.5 Å². The Bertz CT molecular complexity index is 641. The van der Waals surface area contributed by atoms with E-state index < -0.39 is 0 Å². The lowest BCUT2D eigenvalue weighted by atomic mass is 10.3. The third-order valence-corrected chi connectivity index (χ3v) is 5.00. The molecular formula is C16H25N7S. The highest BCUT2D eigenvalue weighted by Crippen LogP contribution is 2.13. The van der Waals surface area contributed by atoms with Crippen molar-refractivity contribution in [2.45, 2.75) is 20.0 Å². The first kappa shape index (κ1) is 16.9. The molecule has 3 heterocycles. The minimum atomic E-state index is 0.550. The van der Waals surface area contributed by atoms with Crippen molar-refractivity contribution in [3.8, 4) is 0 Å². The third kappa shape index (κ3) is 4.33. The van der Waals surface area contributed by atoms with Crippen LogP contribution in [0.25, 0.3) is 0 Å². The normalized spacial score (nSPS) is 16.6. The van der Waals surface area contributed by atoms with Gasteiger partial charge in [0.15, 0.2) is 5.96 Å². The second-order valence-electron chi connectivity index (χ2n) is 5.81. The third-order valence-electron chi connectivity index (χ3n) is 4.14. The molecule has 0 radical (unpaired) electrons. The van der Waals surface area contributed by atoms with Crippen molar-refractivity contribution in [2.75, 3.05) is 32.7 Å². The molecule has 1 aliphatic heterocycles. The summed E-state index contributed by atoms with van der Waals surface area (Å²) in [6.07, 6.45) is 1.57. The van der Waals surface area contributed by atoms with Gasteiger partial charge >= 0.3 is 0 Å². The molecule has 0 bridgehead atoms. The predicted molar refractivity (Wildman–Crippen MR) is 97.0 cm³/mol. The van der Waals surface area contributed by atoms with Crippen molar-refractivity contribution >= 4 is 17.3 Å². The van der Waals surface area contributed by atoms with Gasteiger partial charge < -0.3 is 10.2 Å². The smallest absolute Gasteiger partial charge is 0.194 e. The van der Waals surface area contributed by atoms with Gasteiger partial charge in [-0.1, -0.05) is 6.07 Å². The van der Waals surface area contributed by atoms with Crippen LogP contribution in [-0.4, -0.2) is 63.2 Å². The number of hydrogen-bond donors (Lipinski definition) is 1. The van der Waals surface area contributed by atoms with Gasteiger partial charge in [-0.3, -0.25) is 9.58 Å². The van der Waals surface area contributed by atoms with E-state index in [2.05, 4.69) is 49.6 Å². The fourth-order valence-corrected chi connectivity index (χ4v) is 3.52. The zero-order valence-electron chi connectivity index (χ0n) is 14.4. The van der Waals surface area contributed by atoms with Gasteiger partial charge in [-0.05, 0) is 18.4 Å². The second kappa shape index (κ2) is 8.25. The van der Waals surface area contributed by atoms with Gasteiger partial charge in [-0.15, -0.1) is 11.3 Å². The molecule has 0 amide bonds. The summed E-state index contributed by atoms with van der Waals surface area (Å²) in [6, 6.07) is 4.34. The van der Waals surface area contributed by atoms with Crippen LogP contribution in [0.15, 0.2) is 28.8 Å². The van der Waals surface area contributed by atoms with E-state index in [0.717, 1.165) is 51.1 Å². The van der Waals surface area contributed by atoms with Crippen LogP contribution in [0.3, 0.4) is 0 Å². The summed E-state index contributed by atoms with van der Waals surface area (Å²) in [5, 5.41) is 9.64. The highest BCUT2D eigenvalue weighted by atomic mass is 32.1. The van der Waals surface area contributed by atoms with E-state index >= 15 is 0 Å². The molecule has 0 spiro atoms. The minimum absolute atomic E-state index is 0.550. The van der Waals surface area contributed by atoms with Crippen LogP contribution in [0.1, 0.15) is 17.6 Å². The number of aryl methyl sites for hydroxylation is 1. The van der Waals surface area contributed by atoms with Crippen LogP contribution >= 0.6 is 11.3 Å². The van der Waals surface area contributed by atoms with Crippen LogP contribution in [0.4, 0.5) is 0 Å². The molecule has 0 saturated carbocycles. The zero-order chi connectivity index (χ0) is 16.8. The van der Waals surface area contributed by atoms with Crippen LogP contribution in [0, 0.1) is 0 Å². The summed E-state index contributed by atoms with van der Waals surface area (Å²) in [4.78, 5) is 15.3. The summed E-state index contributed by atoms with van der Waals surface area (Å²) in [7, 11) is 1.90. The largest absolute Gasteiger partial charge is 0.357 e. The van der Waals surface area contributed by atoms with E-state index in [1.807, 2.05) is 18.4 Å². The number of nitrogens with zero attached hydrogens (tertiary/aromatic N) is 6. The van der Waals surface area contributed by atoms with E-state index in [9.17, 15) is 0 Å². The molecule has 1 N–H and O–H groups in total. The van der Waals surface area contributed by atoms with Crippen molar-refractivity contribution in [3.63, 3.8) is 0 Å². The zero-order valence-corrected chi connectivity index (χ0v) is 15.2. The molecule has 1 aliphatic rings. The summed E-state index contributed by atoms with van der Waals surface area (Å²) >= 11 is 1.83. The Kier molecular flexibility index (Phi) is 5.81. The maximum Gasteiger partial charge on any atom is 0.194 e. The Hall–Kier alpha value is -1.93. The molecule has 0 atom stereocenters. The Labute approximate surface area is 147 Å². The Balaban J connectivity index is 1.56. The van der Waals surface area contributed by atoms with Crippen molar-refractivity contribution < 1.29 is 0 Å². The number of nitrogens with one attached hydrogen (secondary N) is 1. The van der Waals surface area contributed by atoms with Gasteiger partial charge in [0.05, 0.1) is 0 Å². The number of piperazine rings is 1. The average molecular weight is 347 g/mol. The number of aromatic nitrogens is 3. The number of aliphatic imine (C=N–C) groups is 1. The number of guanidine groups is 1. The van der Waals surface area contributed by atoms with Gasteiger partial charge in [0.1, 0.15) is 18.7 Å². The number of hydrogen-bond acceptors (Lipinski definition) is 5. The highest BCUT2D eigenvalue weighted by Gasteiger charge is 2.20. The lowest BCUT2D eigenvalue weighted by molar-refractivity contribution is 0.173. The first-order valence-electron chi connectivity index (χ1n) is 8.37. The number of thiophene rings is 1. The summed E-state index contributed by atoms with van der Waals surface area (Å²) in [5.74, 6) is 1.85. The summed E-state index contributed by atoms with van der Waals surface area (Å²) in [6.45, 7) is 8.69. The standard InChI is InChI=1S/C16H25N7S/c1-3-17-16(18-11-15-19-13-20-21(15)2)23-8-6-22(7-9-23)12-14-5-4-10-24-14/h4-5,10,13H,3,6-9,11-12H2,1-2H3,(H,17,18). The molecule has 1 saturated heterocycles. The van der Waals surface area contributed by atoms with Gasteiger partial charge in [0.25, 0.3) is 0 Å². The van der Waals surface area contributed by atoms with Crippen LogP contribution in [0.5, 0.6) is 0 Å². The Morgan fingerprint density at radius 1 is 1.33 bits per heavy atom. The molecule has 130 valence electrons. The fraction of sp³-hybridized carbons (Fsp3) is 0.562. The lowest BCUT2D eigenvalue weighted by Crippen LogP contribution is -2.52. The number of rotatable bonds is 5. The molecule has 3 rings (SSSR count). The van der Waals surface area contributed by atoms with E-state index in [0.29, 0.717) is 6.54 Å². The van der Waals surface area contributed by atoms with Crippen molar-refractivity contribution in [1.82, 2.24) is 29.9 Å². The first-order valence-corrected chi connectivity index (χ1v) is 9.25. The van der Waals surface area contributed by atoms with Gasteiger partial charge in [-0.2, -0.15) is 5.10 Å². The average Bonchev–Trinajstić information content (AvgIpc) is 3.24. The van der Waals surface area contributed by atoms with Gasteiger partial charge in [0, 0.05) is 51.2 Å². The fourth-order valence-electron chi connectivity index (χ4n) is 2.78. The molecule has 0 aliphatic carbocycles. The molecule has 0 aromatic carbocycles. The topological polar surface area (TPSA) is 61.6 Å². The molecule has 7 nitrogen and oxygen atoms in total. The maximum atomic E-state index is 4.73. The molecule has 0 unspecified atom stereocenters. The van der Waals surface area contributed by atoms with Crippen LogP contribution in [-0.2, 0) is 20.1 Å². The summed E-state index contributed by atoms with van der Waals surface area (Å²) in [5.41, 5.74) is 0. The van der Waals surface area contributed by atoms with E-state index in [-0.39, 0.29) is 0 Å². The van der Waals surface area contributed by atoms with Crippen molar-refractivity contribution in [1.29, 1.82) is 0 Å². The SMILES string of the molecule is CCNC(=NCc1ncnn1C)N1CCN(Cc2cccs2)CC1. The molecule has 1 fully saturated rings. The molecule has 24 heavy (non-hydrogen) atoms. The first-order chi connectivity index (χ1) is 11.8. The predicted octanol–water partition coefficient (Wildman–Crippen LogP) is 1.16. The quantitative estimate of drug-likeness (QED) is 0.650. The van der Waals surface area contributed by atoms with Crippen molar-refractivity contribution in [2.24, 2.45) is 12.0 Å². The van der Waals surface area contributed by atoms with E-state index in [1.54, 1.807) is 11.0 Å². The van der Waals surface area contributed by atoms with Crippen LogP contribution in [0.2, 0.25) is 0 Å². The lowest BCUT2D eigenvalue weighted by Gasteiger charge is -2.36. The van der Waals surface area contributed by atoms with Gasteiger partial charge in [0.2, 0.25) is 0 Å². The molecular weight excluding hydrogens is 322 g/mol. The van der Waals surface area contributed by atoms with Gasteiger partial charge in [-0.25, -0.2) is 9.98 Å². The molecule has 2 aromatic rings. The summed E-state index contributed by atoms with van der Waals surface area (Å²) < 4.78 is 1.77. The van der Waals surface area contributed by atoms with Crippen LogP contribution < -0.4 is 5.32 Å².